The lowest BCUT2D eigenvalue weighted by Gasteiger charge is -2.35. The van der Waals surface area contributed by atoms with Crippen molar-refractivity contribution in [3.8, 4) is 0 Å². The van der Waals surface area contributed by atoms with Crippen molar-refractivity contribution in [3.63, 3.8) is 0 Å². The second kappa shape index (κ2) is 5.33. The summed E-state index contributed by atoms with van der Waals surface area (Å²) in [7, 11) is 0. The van der Waals surface area contributed by atoms with Crippen molar-refractivity contribution in [1.82, 2.24) is 19.7 Å². The van der Waals surface area contributed by atoms with Crippen molar-refractivity contribution in [3.05, 3.63) is 11.6 Å². The number of aromatic nitrogens is 3. The van der Waals surface area contributed by atoms with E-state index in [1.807, 2.05) is 18.7 Å². The van der Waals surface area contributed by atoms with Crippen molar-refractivity contribution in [2.24, 2.45) is 5.41 Å². The third kappa shape index (κ3) is 2.95. The minimum absolute atomic E-state index is 0.0560. The van der Waals surface area contributed by atoms with Crippen LogP contribution in [-0.2, 0) is 19.3 Å². The smallest absolute Gasteiger partial charge is 0.396 e. The van der Waals surface area contributed by atoms with Crippen LogP contribution in [0.25, 0.3) is 0 Å². The highest BCUT2D eigenvalue weighted by molar-refractivity contribution is 5.02. The largest absolute Gasteiger partial charge is 0.451 e. The molecule has 0 fully saturated rings. The van der Waals surface area contributed by atoms with E-state index in [1.165, 1.54) is 0 Å². The Morgan fingerprint density at radius 2 is 1.95 bits per heavy atom. The number of alkyl halides is 3. The molecule has 0 aliphatic carbocycles. The van der Waals surface area contributed by atoms with Crippen LogP contribution in [0.5, 0.6) is 0 Å². The van der Waals surface area contributed by atoms with E-state index in [2.05, 4.69) is 10.2 Å². The Bertz CT molecular complexity index is 468. The monoisotopic (exact) mass is 292 g/mol. The molecular formula is C12H19F3N4O. The molecule has 114 valence electrons. The Balaban J connectivity index is 2.11. The van der Waals surface area contributed by atoms with E-state index in [4.69, 9.17) is 0 Å². The summed E-state index contributed by atoms with van der Waals surface area (Å²) in [6.45, 7) is 5.71. The first-order chi connectivity index (χ1) is 9.29. The minimum atomic E-state index is -4.46. The van der Waals surface area contributed by atoms with Crippen molar-refractivity contribution in [1.29, 1.82) is 0 Å². The van der Waals surface area contributed by atoms with E-state index in [0.717, 1.165) is 11.0 Å². The molecule has 0 aromatic carbocycles. The molecule has 2 rings (SSSR count). The molecule has 20 heavy (non-hydrogen) atoms. The molecule has 0 radical (unpaired) electrons. The molecule has 8 heteroatoms. The lowest BCUT2D eigenvalue weighted by molar-refractivity contribution is -0.148. The van der Waals surface area contributed by atoms with Gasteiger partial charge in [0, 0.05) is 31.7 Å². The lowest BCUT2D eigenvalue weighted by atomic mass is 9.88. The molecule has 0 amide bonds. The van der Waals surface area contributed by atoms with Gasteiger partial charge < -0.3 is 9.67 Å². The van der Waals surface area contributed by atoms with E-state index in [-0.39, 0.29) is 18.6 Å². The fourth-order valence-corrected chi connectivity index (χ4v) is 2.37. The quantitative estimate of drug-likeness (QED) is 0.914. The Morgan fingerprint density at radius 1 is 1.25 bits per heavy atom. The van der Waals surface area contributed by atoms with Gasteiger partial charge in [-0.15, -0.1) is 10.2 Å². The van der Waals surface area contributed by atoms with Crippen molar-refractivity contribution < 1.29 is 18.3 Å². The second-order valence-electron chi connectivity index (χ2n) is 5.62. The van der Waals surface area contributed by atoms with Gasteiger partial charge in [0.05, 0.1) is 6.54 Å². The first kappa shape index (κ1) is 15.2. The van der Waals surface area contributed by atoms with E-state index >= 15 is 0 Å². The zero-order chi connectivity index (χ0) is 15.0. The highest BCUT2D eigenvalue weighted by Gasteiger charge is 2.39. The number of halogens is 3. The molecule has 1 N–H and O–H groups in total. The van der Waals surface area contributed by atoms with Gasteiger partial charge in [-0.05, 0) is 6.42 Å². The molecule has 0 spiro atoms. The Labute approximate surface area is 115 Å². The minimum Gasteiger partial charge on any atom is -0.396 e. The first-order valence-corrected chi connectivity index (χ1v) is 6.61. The van der Waals surface area contributed by atoms with Crippen molar-refractivity contribution in [2.75, 3.05) is 19.7 Å². The van der Waals surface area contributed by atoms with E-state index in [1.54, 1.807) is 0 Å². The average Bonchev–Trinajstić information content (AvgIpc) is 2.81. The number of fused-ring (bicyclic) bond motifs is 1. The molecule has 1 unspecified atom stereocenters. The van der Waals surface area contributed by atoms with E-state index in [0.29, 0.717) is 25.5 Å². The molecule has 0 saturated heterocycles. The topological polar surface area (TPSA) is 54.2 Å². The molecule has 1 aliphatic rings. The predicted molar refractivity (Wildman–Crippen MR) is 65.8 cm³/mol. The third-order valence-electron chi connectivity index (χ3n) is 3.93. The van der Waals surface area contributed by atoms with Crippen LogP contribution in [0.4, 0.5) is 13.2 Å². The van der Waals surface area contributed by atoms with Gasteiger partial charge in [-0.3, -0.25) is 4.90 Å². The maximum atomic E-state index is 12.7. The van der Waals surface area contributed by atoms with Gasteiger partial charge in [0.15, 0.2) is 0 Å². The Kier molecular flexibility index (Phi) is 4.06. The second-order valence-corrected chi connectivity index (χ2v) is 5.62. The van der Waals surface area contributed by atoms with Crippen LogP contribution in [0.1, 0.15) is 31.9 Å². The summed E-state index contributed by atoms with van der Waals surface area (Å²) >= 11 is 0. The van der Waals surface area contributed by atoms with Crippen LogP contribution < -0.4 is 0 Å². The number of nitrogens with zero attached hydrogens (tertiary/aromatic N) is 4. The van der Waals surface area contributed by atoms with Crippen molar-refractivity contribution >= 4 is 0 Å². The van der Waals surface area contributed by atoms with Crippen LogP contribution in [0.15, 0.2) is 0 Å². The van der Waals surface area contributed by atoms with Crippen LogP contribution in [0, 0.1) is 5.41 Å². The fourth-order valence-electron chi connectivity index (χ4n) is 2.37. The molecule has 0 bridgehead atoms. The average molecular weight is 292 g/mol. The van der Waals surface area contributed by atoms with E-state index < -0.39 is 12.0 Å². The summed E-state index contributed by atoms with van der Waals surface area (Å²) in [6, 6.07) is 0. The number of hydrogen-bond donors (Lipinski definition) is 1. The Morgan fingerprint density at radius 3 is 2.50 bits per heavy atom. The molecule has 2 heterocycles. The highest BCUT2D eigenvalue weighted by Crippen LogP contribution is 2.30. The predicted octanol–water partition coefficient (Wildman–Crippen LogP) is 1.52. The van der Waals surface area contributed by atoms with Gasteiger partial charge in [-0.2, -0.15) is 13.2 Å². The number of hydrogen-bond acceptors (Lipinski definition) is 4. The lowest BCUT2D eigenvalue weighted by Crippen LogP contribution is -2.42. The van der Waals surface area contributed by atoms with Crippen LogP contribution in [0.3, 0.4) is 0 Å². The summed E-state index contributed by atoms with van der Waals surface area (Å²) in [5, 5.41) is 16.3. The molecular weight excluding hydrogens is 273 g/mol. The van der Waals surface area contributed by atoms with Gasteiger partial charge in [0.2, 0.25) is 5.82 Å². The summed E-state index contributed by atoms with van der Waals surface area (Å²) in [4.78, 5) is 2.02. The van der Waals surface area contributed by atoms with Crippen LogP contribution >= 0.6 is 0 Å². The standard InChI is InChI=1S/C12H19F3N4O/c1-3-11(2,8-20)7-18-4-5-19-9(6-18)16-17-10(19)12(13,14)15/h20H,3-8H2,1-2H3. The summed E-state index contributed by atoms with van der Waals surface area (Å²) in [5.74, 6) is -0.590. The summed E-state index contributed by atoms with van der Waals surface area (Å²) < 4.78 is 39.3. The zero-order valence-electron chi connectivity index (χ0n) is 11.6. The molecule has 1 atom stereocenters. The van der Waals surface area contributed by atoms with Gasteiger partial charge in [-0.25, -0.2) is 0 Å². The highest BCUT2D eigenvalue weighted by atomic mass is 19.4. The summed E-state index contributed by atoms with van der Waals surface area (Å²) in [6.07, 6.45) is -3.66. The van der Waals surface area contributed by atoms with Crippen molar-refractivity contribution in [2.45, 2.75) is 39.5 Å². The van der Waals surface area contributed by atoms with Gasteiger partial charge >= 0.3 is 6.18 Å². The first-order valence-electron chi connectivity index (χ1n) is 6.61. The number of rotatable bonds is 4. The molecule has 1 aromatic rings. The normalized spacial score (nSPS) is 19.7. The fraction of sp³-hybridized carbons (Fsp3) is 0.833. The molecule has 5 nitrogen and oxygen atoms in total. The Hall–Kier alpha value is -1.15. The molecule has 1 aromatic heterocycles. The van der Waals surface area contributed by atoms with Gasteiger partial charge in [0.1, 0.15) is 5.82 Å². The maximum absolute atomic E-state index is 12.7. The van der Waals surface area contributed by atoms with Crippen LogP contribution in [0.2, 0.25) is 0 Å². The summed E-state index contributed by atoms with van der Waals surface area (Å²) in [5.41, 5.74) is -0.241. The third-order valence-corrected chi connectivity index (χ3v) is 3.93. The molecule has 1 aliphatic heterocycles. The van der Waals surface area contributed by atoms with Gasteiger partial charge in [-0.1, -0.05) is 13.8 Å². The SMILES string of the molecule is CCC(C)(CO)CN1CCn2c(nnc2C(F)(F)F)C1. The zero-order valence-corrected chi connectivity index (χ0v) is 11.6. The number of aliphatic hydroxyl groups is 1. The van der Waals surface area contributed by atoms with Crippen LogP contribution in [-0.4, -0.2) is 44.5 Å². The number of aliphatic hydroxyl groups excluding tert-OH is 1. The molecule has 0 saturated carbocycles. The van der Waals surface area contributed by atoms with Gasteiger partial charge in [0.25, 0.3) is 0 Å². The maximum Gasteiger partial charge on any atom is 0.451 e. The van der Waals surface area contributed by atoms with E-state index in [9.17, 15) is 18.3 Å².